The number of carbonyl (C=O) groups excluding carboxylic acids is 2. The quantitative estimate of drug-likeness (QED) is 0.897. The first-order valence-electron chi connectivity index (χ1n) is 9.82. The number of benzene rings is 1. The first kappa shape index (κ1) is 18.9. The average molecular weight is 358 g/mol. The van der Waals surface area contributed by atoms with Gasteiger partial charge in [-0.15, -0.1) is 0 Å². The van der Waals surface area contributed by atoms with E-state index in [0.717, 1.165) is 44.1 Å². The fourth-order valence-electron chi connectivity index (χ4n) is 4.05. The molecule has 142 valence electrons. The molecule has 1 spiro atoms. The third-order valence-electron chi connectivity index (χ3n) is 5.79. The van der Waals surface area contributed by atoms with Crippen LogP contribution < -0.4 is 5.32 Å². The lowest BCUT2D eigenvalue weighted by Crippen LogP contribution is -2.57. The van der Waals surface area contributed by atoms with Crippen molar-refractivity contribution in [3.63, 3.8) is 0 Å². The molecule has 2 aliphatic rings. The van der Waals surface area contributed by atoms with Crippen LogP contribution in [0.4, 0.5) is 0 Å². The normalized spacial score (nSPS) is 23.0. The van der Waals surface area contributed by atoms with Crippen LogP contribution >= 0.6 is 0 Å². The second-order valence-electron chi connectivity index (χ2n) is 7.64. The second kappa shape index (κ2) is 7.78. The molecule has 2 fully saturated rings. The molecule has 1 aromatic rings. The molecule has 1 aromatic carbocycles. The molecule has 2 unspecified atom stereocenters. The lowest BCUT2D eigenvalue weighted by atomic mass is 9.89. The summed E-state index contributed by atoms with van der Waals surface area (Å²) in [7, 11) is 0. The largest absolute Gasteiger partial charge is 0.353 e. The van der Waals surface area contributed by atoms with Crippen molar-refractivity contribution in [1.29, 1.82) is 0 Å². The summed E-state index contributed by atoms with van der Waals surface area (Å²) in [6, 6.07) is 7.10. The van der Waals surface area contributed by atoms with E-state index in [1.165, 1.54) is 0 Å². The van der Waals surface area contributed by atoms with Gasteiger partial charge in [0, 0.05) is 11.6 Å². The number of nitrogens with zero attached hydrogens (tertiary/aromatic N) is 1. The van der Waals surface area contributed by atoms with Crippen molar-refractivity contribution in [1.82, 2.24) is 10.2 Å². The maximum atomic E-state index is 13.5. The molecular weight excluding hydrogens is 328 g/mol. The summed E-state index contributed by atoms with van der Waals surface area (Å²) >= 11 is 0. The Balaban J connectivity index is 1.93. The van der Waals surface area contributed by atoms with E-state index in [2.05, 4.69) is 5.32 Å². The zero-order valence-corrected chi connectivity index (χ0v) is 16.1. The Labute approximate surface area is 156 Å². The summed E-state index contributed by atoms with van der Waals surface area (Å²) < 4.78 is 6.17. The molecule has 2 atom stereocenters. The van der Waals surface area contributed by atoms with Crippen molar-refractivity contribution in [2.75, 3.05) is 6.61 Å². The van der Waals surface area contributed by atoms with Crippen LogP contribution in [0.1, 0.15) is 68.3 Å². The van der Waals surface area contributed by atoms with Crippen LogP contribution in [-0.2, 0) is 9.53 Å². The zero-order valence-electron chi connectivity index (χ0n) is 16.1. The van der Waals surface area contributed by atoms with Crippen LogP contribution in [0.25, 0.3) is 0 Å². The minimum absolute atomic E-state index is 0.0841. The van der Waals surface area contributed by atoms with E-state index in [4.69, 9.17) is 4.74 Å². The van der Waals surface area contributed by atoms with E-state index in [1.54, 1.807) is 4.90 Å². The van der Waals surface area contributed by atoms with Gasteiger partial charge in [-0.3, -0.25) is 14.5 Å². The van der Waals surface area contributed by atoms with Gasteiger partial charge in [0.15, 0.2) is 0 Å². The molecule has 3 rings (SSSR count). The number of nitrogens with one attached hydrogen (secondary N) is 1. The first-order valence-corrected chi connectivity index (χ1v) is 9.82. The van der Waals surface area contributed by atoms with Gasteiger partial charge in [-0.05, 0) is 57.6 Å². The highest BCUT2D eigenvalue weighted by Gasteiger charge is 2.53. The zero-order chi connectivity index (χ0) is 18.7. The number of ether oxygens (including phenoxy) is 1. The monoisotopic (exact) mass is 358 g/mol. The Morgan fingerprint density at radius 2 is 1.96 bits per heavy atom. The molecule has 0 aromatic heterocycles. The van der Waals surface area contributed by atoms with Gasteiger partial charge in [0.1, 0.15) is 11.8 Å². The van der Waals surface area contributed by atoms with Crippen molar-refractivity contribution < 1.29 is 14.3 Å². The number of aryl methyl sites for hydroxylation is 1. The molecule has 26 heavy (non-hydrogen) atoms. The molecule has 1 aliphatic heterocycles. The van der Waals surface area contributed by atoms with Gasteiger partial charge in [-0.2, -0.15) is 0 Å². The maximum absolute atomic E-state index is 13.5. The van der Waals surface area contributed by atoms with Crippen LogP contribution in [0.5, 0.6) is 0 Å². The number of hydrogen-bond acceptors (Lipinski definition) is 3. The van der Waals surface area contributed by atoms with Crippen LogP contribution in [0, 0.1) is 6.92 Å². The predicted octanol–water partition coefficient (Wildman–Crippen LogP) is 3.41. The average Bonchev–Trinajstić information content (AvgIpc) is 3.00. The minimum atomic E-state index is -0.630. The molecule has 5 heteroatoms. The Bertz CT molecular complexity index is 667. The summed E-state index contributed by atoms with van der Waals surface area (Å²) in [5.74, 6) is -0.199. The standard InChI is InChI=1S/C21H30N2O3/c1-4-16(3)22-19(24)18-14-26-21(12-8-5-9-13-21)23(18)20(25)17-11-7-6-10-15(17)2/h6-7,10-11,16,18H,4-5,8-9,12-14H2,1-3H3,(H,22,24). The van der Waals surface area contributed by atoms with Gasteiger partial charge in [0.05, 0.1) is 6.61 Å². The molecule has 1 heterocycles. The smallest absolute Gasteiger partial charge is 0.257 e. The molecule has 1 saturated carbocycles. The van der Waals surface area contributed by atoms with E-state index < -0.39 is 11.8 Å². The topological polar surface area (TPSA) is 58.6 Å². The van der Waals surface area contributed by atoms with Crippen molar-refractivity contribution in [2.45, 2.75) is 77.1 Å². The van der Waals surface area contributed by atoms with Gasteiger partial charge < -0.3 is 10.1 Å². The highest BCUT2D eigenvalue weighted by Crippen LogP contribution is 2.41. The number of hydrogen-bond donors (Lipinski definition) is 1. The SMILES string of the molecule is CCC(C)NC(=O)C1COC2(CCCCC2)N1C(=O)c1ccccc1C. The highest BCUT2D eigenvalue weighted by molar-refractivity contribution is 5.99. The Morgan fingerprint density at radius 3 is 2.62 bits per heavy atom. The molecule has 5 nitrogen and oxygen atoms in total. The lowest BCUT2D eigenvalue weighted by molar-refractivity contribution is -0.127. The Kier molecular flexibility index (Phi) is 5.66. The fraction of sp³-hybridized carbons (Fsp3) is 0.619. The fourth-order valence-corrected chi connectivity index (χ4v) is 4.05. The molecule has 1 aliphatic carbocycles. The van der Waals surface area contributed by atoms with Gasteiger partial charge in [-0.1, -0.05) is 31.5 Å². The summed E-state index contributed by atoms with van der Waals surface area (Å²) in [5, 5.41) is 3.03. The molecule has 0 radical (unpaired) electrons. The summed E-state index contributed by atoms with van der Waals surface area (Å²) in [4.78, 5) is 28.1. The Morgan fingerprint density at radius 1 is 1.27 bits per heavy atom. The Hall–Kier alpha value is -1.88. The van der Waals surface area contributed by atoms with Crippen molar-refractivity contribution in [2.24, 2.45) is 0 Å². The second-order valence-corrected chi connectivity index (χ2v) is 7.64. The van der Waals surface area contributed by atoms with Crippen LogP contribution in [0.15, 0.2) is 24.3 Å². The van der Waals surface area contributed by atoms with Gasteiger partial charge in [-0.25, -0.2) is 0 Å². The van der Waals surface area contributed by atoms with Crippen LogP contribution in [0.2, 0.25) is 0 Å². The van der Waals surface area contributed by atoms with E-state index in [-0.39, 0.29) is 24.5 Å². The molecule has 2 amide bonds. The molecule has 0 bridgehead atoms. The molecule has 1 N–H and O–H groups in total. The van der Waals surface area contributed by atoms with Crippen molar-refractivity contribution in [3.8, 4) is 0 Å². The van der Waals surface area contributed by atoms with E-state index in [9.17, 15) is 9.59 Å². The predicted molar refractivity (Wildman–Crippen MR) is 101 cm³/mol. The third-order valence-corrected chi connectivity index (χ3v) is 5.79. The van der Waals surface area contributed by atoms with E-state index >= 15 is 0 Å². The lowest BCUT2D eigenvalue weighted by Gasteiger charge is -2.41. The van der Waals surface area contributed by atoms with Crippen molar-refractivity contribution in [3.05, 3.63) is 35.4 Å². The first-order chi connectivity index (χ1) is 12.5. The van der Waals surface area contributed by atoms with E-state index in [0.29, 0.717) is 5.56 Å². The van der Waals surface area contributed by atoms with Gasteiger partial charge in [0.25, 0.3) is 5.91 Å². The summed E-state index contributed by atoms with van der Waals surface area (Å²) in [6.45, 7) is 6.23. The minimum Gasteiger partial charge on any atom is -0.353 e. The number of amides is 2. The van der Waals surface area contributed by atoms with E-state index in [1.807, 2.05) is 45.0 Å². The number of carbonyl (C=O) groups is 2. The van der Waals surface area contributed by atoms with Gasteiger partial charge >= 0.3 is 0 Å². The van der Waals surface area contributed by atoms with Crippen LogP contribution in [-0.4, -0.2) is 41.1 Å². The van der Waals surface area contributed by atoms with Gasteiger partial charge in [0.2, 0.25) is 5.91 Å². The molecule has 1 saturated heterocycles. The molecular formula is C21H30N2O3. The van der Waals surface area contributed by atoms with Crippen LogP contribution in [0.3, 0.4) is 0 Å². The summed E-state index contributed by atoms with van der Waals surface area (Å²) in [6.07, 6.45) is 5.67. The maximum Gasteiger partial charge on any atom is 0.257 e. The highest BCUT2D eigenvalue weighted by atomic mass is 16.5. The van der Waals surface area contributed by atoms with Crippen molar-refractivity contribution >= 4 is 11.8 Å². The third kappa shape index (κ3) is 3.50. The number of rotatable bonds is 4. The summed E-state index contributed by atoms with van der Waals surface area (Å²) in [5.41, 5.74) is 0.954.